The van der Waals surface area contributed by atoms with Crippen molar-refractivity contribution < 1.29 is 4.79 Å². The summed E-state index contributed by atoms with van der Waals surface area (Å²) in [6.07, 6.45) is 0.837. The minimum Gasteiger partial charge on any atom is -0.305 e. The van der Waals surface area contributed by atoms with Gasteiger partial charge in [-0.15, -0.1) is 0 Å². The van der Waals surface area contributed by atoms with Gasteiger partial charge in [0.15, 0.2) is 0 Å². The molecule has 1 aromatic heterocycles. The molecule has 0 saturated carbocycles. The van der Waals surface area contributed by atoms with Crippen LogP contribution in [0.3, 0.4) is 0 Å². The molecule has 0 unspecified atom stereocenters. The Balaban J connectivity index is 1.40. The van der Waals surface area contributed by atoms with Gasteiger partial charge in [0, 0.05) is 13.1 Å². The predicted molar refractivity (Wildman–Crippen MR) is 106 cm³/mol. The van der Waals surface area contributed by atoms with Crippen LogP contribution in [0.2, 0.25) is 5.02 Å². The van der Waals surface area contributed by atoms with Gasteiger partial charge in [-0.2, -0.15) is 0 Å². The number of piperazine rings is 1. The van der Waals surface area contributed by atoms with E-state index in [1.165, 1.54) is 0 Å². The van der Waals surface area contributed by atoms with Crippen LogP contribution >= 0.6 is 11.6 Å². The molecule has 2 bridgehead atoms. The fourth-order valence-corrected chi connectivity index (χ4v) is 4.49. The zero-order valence-electron chi connectivity index (χ0n) is 15.0. The zero-order valence-corrected chi connectivity index (χ0v) is 15.7. The minimum absolute atomic E-state index is 0.112. The summed E-state index contributed by atoms with van der Waals surface area (Å²) in [5.74, 6) is 0.130. The van der Waals surface area contributed by atoms with Crippen LogP contribution in [-0.2, 0) is 11.3 Å². The fourth-order valence-electron chi connectivity index (χ4n) is 4.27. The zero-order chi connectivity index (χ0) is 18.5. The topological polar surface area (TPSA) is 49.3 Å². The van der Waals surface area contributed by atoms with Crippen LogP contribution in [0.15, 0.2) is 48.5 Å². The van der Waals surface area contributed by atoms with E-state index in [-0.39, 0.29) is 18.0 Å². The van der Waals surface area contributed by atoms with Crippen molar-refractivity contribution in [3.8, 4) is 0 Å². The third-order valence-electron chi connectivity index (χ3n) is 5.58. The van der Waals surface area contributed by atoms with Crippen molar-refractivity contribution >= 4 is 34.2 Å². The summed E-state index contributed by atoms with van der Waals surface area (Å²) in [5.41, 5.74) is 4.48. The Morgan fingerprint density at radius 2 is 1.78 bits per heavy atom. The summed E-state index contributed by atoms with van der Waals surface area (Å²) in [6, 6.07) is 15.5. The van der Waals surface area contributed by atoms with Crippen molar-refractivity contribution in [1.29, 1.82) is 0 Å². The van der Waals surface area contributed by atoms with Crippen LogP contribution in [0, 0.1) is 6.92 Å². The van der Waals surface area contributed by atoms with Gasteiger partial charge in [-0.25, -0.2) is 9.97 Å². The standard InChI is InChI=1S/C21H19ClN4O/c1-13-18(24-17-8-4-3-7-16(17)23-13)12-25-11-14-10-20(25)21(27)26(14)19-9-5-2-6-15(19)22/h2-9,14,20H,10-12H2,1H3/t14-,20-/m0/s1. The lowest BCUT2D eigenvalue weighted by Gasteiger charge is -2.34. The highest BCUT2D eigenvalue weighted by atomic mass is 35.5. The molecule has 0 spiro atoms. The number of aromatic nitrogens is 2. The van der Waals surface area contributed by atoms with E-state index >= 15 is 0 Å². The number of aryl methyl sites for hydroxylation is 1. The first-order valence-electron chi connectivity index (χ1n) is 9.16. The maximum absolute atomic E-state index is 13.0. The van der Waals surface area contributed by atoms with E-state index in [1.807, 2.05) is 60.4 Å². The predicted octanol–water partition coefficient (Wildman–Crippen LogP) is 3.58. The van der Waals surface area contributed by atoms with Crippen LogP contribution in [0.1, 0.15) is 17.8 Å². The molecule has 136 valence electrons. The van der Waals surface area contributed by atoms with E-state index in [1.54, 1.807) is 0 Å². The summed E-state index contributed by atoms with van der Waals surface area (Å²) in [4.78, 5) is 26.6. The highest BCUT2D eigenvalue weighted by Gasteiger charge is 2.50. The minimum atomic E-state index is -0.112. The molecular formula is C21H19ClN4O. The van der Waals surface area contributed by atoms with Crippen LogP contribution in [-0.4, -0.2) is 39.4 Å². The SMILES string of the molecule is Cc1nc2ccccc2nc1CN1C[C@@H]2C[C@H]1C(=O)N2c1ccccc1Cl. The summed E-state index contributed by atoms with van der Waals surface area (Å²) >= 11 is 6.32. The lowest BCUT2D eigenvalue weighted by molar-refractivity contribution is -0.122. The molecule has 6 heteroatoms. The molecule has 2 saturated heterocycles. The number of hydrogen-bond acceptors (Lipinski definition) is 4. The third kappa shape index (κ3) is 2.69. The van der Waals surface area contributed by atoms with Gasteiger partial charge in [0.05, 0.1) is 45.2 Å². The molecule has 5 rings (SSSR count). The van der Waals surface area contributed by atoms with Crippen molar-refractivity contribution in [2.45, 2.75) is 32.0 Å². The highest BCUT2D eigenvalue weighted by molar-refractivity contribution is 6.34. The van der Waals surface area contributed by atoms with E-state index in [4.69, 9.17) is 16.6 Å². The maximum Gasteiger partial charge on any atom is 0.244 e. The second-order valence-electron chi connectivity index (χ2n) is 7.24. The molecule has 2 fully saturated rings. The van der Waals surface area contributed by atoms with Crippen LogP contribution in [0.25, 0.3) is 11.0 Å². The van der Waals surface area contributed by atoms with Crippen molar-refractivity contribution in [2.24, 2.45) is 0 Å². The molecule has 27 heavy (non-hydrogen) atoms. The van der Waals surface area contributed by atoms with E-state index in [0.717, 1.165) is 41.1 Å². The molecule has 1 amide bonds. The molecule has 0 aliphatic carbocycles. The highest BCUT2D eigenvalue weighted by Crippen LogP contribution is 2.39. The van der Waals surface area contributed by atoms with Gasteiger partial charge < -0.3 is 4.90 Å². The number of nitrogens with zero attached hydrogens (tertiary/aromatic N) is 4. The Kier molecular flexibility index (Phi) is 3.88. The first-order chi connectivity index (χ1) is 13.1. The molecule has 2 atom stereocenters. The largest absolute Gasteiger partial charge is 0.305 e. The third-order valence-corrected chi connectivity index (χ3v) is 5.90. The number of halogens is 1. The number of amides is 1. The first-order valence-corrected chi connectivity index (χ1v) is 9.53. The Hall–Kier alpha value is -2.50. The summed E-state index contributed by atoms with van der Waals surface area (Å²) < 4.78 is 0. The van der Waals surface area contributed by atoms with E-state index in [2.05, 4.69) is 9.88 Å². The van der Waals surface area contributed by atoms with Crippen molar-refractivity contribution in [1.82, 2.24) is 14.9 Å². The molecular weight excluding hydrogens is 360 g/mol. The maximum atomic E-state index is 13.0. The first kappa shape index (κ1) is 16.7. The number of para-hydroxylation sites is 3. The molecule has 2 aromatic carbocycles. The summed E-state index contributed by atoms with van der Waals surface area (Å²) in [6.45, 7) is 3.46. The Morgan fingerprint density at radius 1 is 1.07 bits per heavy atom. The number of benzene rings is 2. The molecule has 2 aliphatic heterocycles. The van der Waals surface area contributed by atoms with Gasteiger partial charge in [-0.05, 0) is 37.6 Å². The normalized spacial score (nSPS) is 22.1. The molecule has 2 aliphatic rings. The van der Waals surface area contributed by atoms with Crippen LogP contribution < -0.4 is 4.90 Å². The number of carbonyl (C=O) groups excluding carboxylic acids is 1. The lowest BCUT2D eigenvalue weighted by Crippen LogP contribution is -2.50. The van der Waals surface area contributed by atoms with Crippen molar-refractivity contribution in [3.05, 3.63) is 64.9 Å². The summed E-state index contributed by atoms with van der Waals surface area (Å²) in [5, 5.41) is 0.626. The lowest BCUT2D eigenvalue weighted by atomic mass is 10.2. The monoisotopic (exact) mass is 378 g/mol. The average molecular weight is 379 g/mol. The molecule has 0 N–H and O–H groups in total. The summed E-state index contributed by atoms with van der Waals surface area (Å²) in [7, 11) is 0. The van der Waals surface area contributed by atoms with Gasteiger partial charge in [0.1, 0.15) is 0 Å². The number of rotatable bonds is 3. The molecule has 0 radical (unpaired) electrons. The van der Waals surface area contributed by atoms with Crippen LogP contribution in [0.4, 0.5) is 5.69 Å². The Labute approximate surface area is 162 Å². The van der Waals surface area contributed by atoms with Gasteiger partial charge in [-0.3, -0.25) is 9.69 Å². The average Bonchev–Trinajstić information content (AvgIpc) is 3.20. The number of fused-ring (bicyclic) bond motifs is 3. The smallest absolute Gasteiger partial charge is 0.244 e. The second kappa shape index (κ2) is 6.29. The fraction of sp³-hybridized carbons (Fsp3) is 0.286. The van der Waals surface area contributed by atoms with Gasteiger partial charge in [0.25, 0.3) is 0 Å². The second-order valence-corrected chi connectivity index (χ2v) is 7.65. The number of carbonyl (C=O) groups is 1. The van der Waals surface area contributed by atoms with E-state index in [0.29, 0.717) is 11.6 Å². The molecule has 3 aromatic rings. The Morgan fingerprint density at radius 3 is 2.52 bits per heavy atom. The van der Waals surface area contributed by atoms with Crippen molar-refractivity contribution in [3.63, 3.8) is 0 Å². The van der Waals surface area contributed by atoms with Gasteiger partial charge >= 0.3 is 0 Å². The number of hydrogen-bond donors (Lipinski definition) is 0. The molecule has 3 heterocycles. The quantitative estimate of drug-likeness (QED) is 0.699. The van der Waals surface area contributed by atoms with Gasteiger partial charge in [-0.1, -0.05) is 35.9 Å². The number of anilines is 1. The van der Waals surface area contributed by atoms with Gasteiger partial charge in [0.2, 0.25) is 5.91 Å². The van der Waals surface area contributed by atoms with Crippen molar-refractivity contribution in [2.75, 3.05) is 11.4 Å². The molecule has 5 nitrogen and oxygen atoms in total. The van der Waals surface area contributed by atoms with Crippen LogP contribution in [0.5, 0.6) is 0 Å². The number of likely N-dealkylation sites (tertiary alicyclic amines) is 1. The van der Waals surface area contributed by atoms with E-state index < -0.39 is 0 Å². The Bertz CT molecular complexity index is 1050. The van der Waals surface area contributed by atoms with E-state index in [9.17, 15) is 4.79 Å².